The van der Waals surface area contributed by atoms with Crippen LogP contribution in [0.2, 0.25) is 0 Å². The van der Waals surface area contributed by atoms with Gasteiger partial charge in [0.1, 0.15) is 0 Å². The maximum atomic E-state index is 12.5. The highest BCUT2D eigenvalue weighted by molar-refractivity contribution is 7.89. The van der Waals surface area contributed by atoms with E-state index in [0.29, 0.717) is 25.3 Å². The number of H-pyrrole nitrogens is 1. The number of nitrogens with one attached hydrogen (secondary N) is 3. The minimum absolute atomic E-state index is 0. The van der Waals surface area contributed by atoms with E-state index in [2.05, 4.69) is 35.6 Å². The molecule has 0 fully saturated rings. The first kappa shape index (κ1) is 23.2. The Balaban J connectivity index is 0.00000182. The third-order valence-corrected chi connectivity index (χ3v) is 5.23. The normalized spacial score (nSPS) is 12.2. The predicted molar refractivity (Wildman–Crippen MR) is 107 cm³/mol. The van der Waals surface area contributed by atoms with Gasteiger partial charge in [-0.1, -0.05) is 11.3 Å². The summed E-state index contributed by atoms with van der Waals surface area (Å²) in [5.74, 6) is 0.617. The molecule has 9 nitrogen and oxygen atoms in total. The summed E-state index contributed by atoms with van der Waals surface area (Å²) < 4.78 is 27.7. The summed E-state index contributed by atoms with van der Waals surface area (Å²) in [5.41, 5.74) is 0. The van der Waals surface area contributed by atoms with Crippen molar-refractivity contribution in [3.05, 3.63) is 42.5 Å². The van der Waals surface area contributed by atoms with Gasteiger partial charge in [-0.15, -0.1) is 35.0 Å². The SMILES string of the molecule is C[C@H](CNCCc1nn[nH]n1)NS(=O)(=O)c1ccc2cnccc2c1.Cl.Cl. The lowest BCUT2D eigenvalue weighted by Crippen LogP contribution is -2.40. The molecule has 3 rings (SSSR count). The largest absolute Gasteiger partial charge is 0.315 e. The van der Waals surface area contributed by atoms with Crippen LogP contribution in [0.1, 0.15) is 12.7 Å². The van der Waals surface area contributed by atoms with Crippen LogP contribution < -0.4 is 10.0 Å². The van der Waals surface area contributed by atoms with Crippen LogP contribution in [0.5, 0.6) is 0 Å². The number of hydrogen-bond donors (Lipinski definition) is 3. The van der Waals surface area contributed by atoms with Crippen LogP contribution >= 0.6 is 24.8 Å². The molecular formula is C15H21Cl2N7O2S. The summed E-state index contributed by atoms with van der Waals surface area (Å²) in [6.07, 6.45) is 3.96. The van der Waals surface area contributed by atoms with Crippen molar-refractivity contribution in [2.24, 2.45) is 0 Å². The standard InChI is InChI=1S/C15H19N7O2S.2ClH/c1-11(9-16-7-5-15-18-21-22-19-15)20-25(23,24)14-3-2-13-10-17-6-4-12(13)8-14;;/h2-4,6,8,10-11,16,20H,5,7,9H2,1H3,(H,18,19,21,22);2*1H/t11-;;/m1../s1. The van der Waals surface area contributed by atoms with Gasteiger partial charge in [0.15, 0.2) is 5.82 Å². The summed E-state index contributed by atoms with van der Waals surface area (Å²) in [6, 6.07) is 6.52. The van der Waals surface area contributed by atoms with Crippen molar-refractivity contribution in [2.45, 2.75) is 24.3 Å². The number of aromatic nitrogens is 5. The molecule has 0 unspecified atom stereocenters. The number of sulfonamides is 1. The molecular weight excluding hydrogens is 413 g/mol. The van der Waals surface area contributed by atoms with Crippen LogP contribution in [0.25, 0.3) is 10.8 Å². The molecule has 12 heteroatoms. The number of rotatable bonds is 8. The van der Waals surface area contributed by atoms with Crippen molar-refractivity contribution in [3.63, 3.8) is 0 Å². The average Bonchev–Trinajstić information content (AvgIpc) is 3.11. The fourth-order valence-corrected chi connectivity index (χ4v) is 3.69. The van der Waals surface area contributed by atoms with Crippen molar-refractivity contribution in [1.82, 2.24) is 35.6 Å². The Bertz CT molecular complexity index is 938. The van der Waals surface area contributed by atoms with E-state index in [0.717, 1.165) is 10.8 Å². The van der Waals surface area contributed by atoms with Gasteiger partial charge in [0, 0.05) is 43.3 Å². The minimum atomic E-state index is -3.58. The maximum absolute atomic E-state index is 12.5. The summed E-state index contributed by atoms with van der Waals surface area (Å²) in [4.78, 5) is 4.27. The Kier molecular flexibility index (Phi) is 9.00. The molecule has 0 aliphatic carbocycles. The van der Waals surface area contributed by atoms with Crippen LogP contribution in [0, 0.1) is 0 Å². The Labute approximate surface area is 169 Å². The summed E-state index contributed by atoms with van der Waals surface area (Å²) in [5, 5.41) is 18.5. The number of tetrazole rings is 1. The van der Waals surface area contributed by atoms with Crippen molar-refractivity contribution < 1.29 is 8.42 Å². The van der Waals surface area contributed by atoms with Crippen molar-refractivity contribution in [3.8, 4) is 0 Å². The fraction of sp³-hybridized carbons (Fsp3) is 0.333. The number of aromatic amines is 1. The lowest BCUT2D eigenvalue weighted by molar-refractivity contribution is 0.536. The van der Waals surface area contributed by atoms with Crippen molar-refractivity contribution >= 4 is 45.6 Å². The zero-order valence-corrected chi connectivity index (χ0v) is 16.9. The van der Waals surface area contributed by atoms with Crippen LogP contribution in [-0.4, -0.2) is 53.2 Å². The van der Waals surface area contributed by atoms with E-state index in [9.17, 15) is 8.42 Å². The van der Waals surface area contributed by atoms with Gasteiger partial charge >= 0.3 is 0 Å². The molecule has 0 aliphatic heterocycles. The molecule has 0 spiro atoms. The van der Waals surface area contributed by atoms with Gasteiger partial charge < -0.3 is 5.32 Å². The lowest BCUT2D eigenvalue weighted by Gasteiger charge is -2.15. The first-order valence-corrected chi connectivity index (χ1v) is 9.32. The third kappa shape index (κ3) is 6.36. The highest BCUT2D eigenvalue weighted by atomic mass is 35.5. The maximum Gasteiger partial charge on any atom is 0.240 e. The fourth-order valence-electron chi connectivity index (χ4n) is 2.41. The molecule has 0 radical (unpaired) electrons. The molecule has 0 amide bonds. The molecule has 2 heterocycles. The molecule has 3 aromatic rings. The van der Waals surface area contributed by atoms with E-state index in [1.807, 2.05) is 6.92 Å². The average molecular weight is 434 g/mol. The number of fused-ring (bicyclic) bond motifs is 1. The highest BCUT2D eigenvalue weighted by Crippen LogP contribution is 2.18. The Morgan fingerprint density at radius 2 is 2.00 bits per heavy atom. The summed E-state index contributed by atoms with van der Waals surface area (Å²) in [6.45, 7) is 2.94. The molecule has 0 aliphatic rings. The monoisotopic (exact) mass is 433 g/mol. The predicted octanol–water partition coefficient (Wildman–Crippen LogP) is 1.09. The second-order valence-corrected chi connectivity index (χ2v) is 7.40. The molecule has 1 aromatic carbocycles. The van der Waals surface area contributed by atoms with Crippen molar-refractivity contribution in [1.29, 1.82) is 0 Å². The zero-order chi connectivity index (χ0) is 17.7. The van der Waals surface area contributed by atoms with E-state index in [-0.39, 0.29) is 35.8 Å². The van der Waals surface area contributed by atoms with Crippen LogP contribution in [-0.2, 0) is 16.4 Å². The summed E-state index contributed by atoms with van der Waals surface area (Å²) >= 11 is 0. The molecule has 3 N–H and O–H groups in total. The van der Waals surface area contributed by atoms with Gasteiger partial charge in [-0.25, -0.2) is 13.1 Å². The number of pyridine rings is 1. The Morgan fingerprint density at radius 3 is 2.74 bits per heavy atom. The number of halogens is 2. The molecule has 1 atom stereocenters. The van der Waals surface area contributed by atoms with Gasteiger partial charge in [-0.05, 0) is 30.5 Å². The molecule has 0 saturated carbocycles. The first-order chi connectivity index (χ1) is 12.0. The van der Waals surface area contributed by atoms with Crippen LogP contribution in [0.4, 0.5) is 0 Å². The van der Waals surface area contributed by atoms with Crippen LogP contribution in [0.15, 0.2) is 41.6 Å². The quantitative estimate of drug-likeness (QED) is 0.453. The minimum Gasteiger partial charge on any atom is -0.315 e. The van der Waals surface area contributed by atoms with Crippen LogP contribution in [0.3, 0.4) is 0 Å². The van der Waals surface area contributed by atoms with E-state index >= 15 is 0 Å². The number of benzene rings is 1. The first-order valence-electron chi connectivity index (χ1n) is 7.84. The van der Waals surface area contributed by atoms with Crippen molar-refractivity contribution in [2.75, 3.05) is 13.1 Å². The topological polar surface area (TPSA) is 126 Å². The molecule has 0 saturated heterocycles. The van der Waals surface area contributed by atoms with Gasteiger partial charge in [0.25, 0.3) is 0 Å². The van der Waals surface area contributed by atoms with Gasteiger partial charge in [0.2, 0.25) is 10.0 Å². The number of hydrogen-bond acceptors (Lipinski definition) is 7. The second kappa shape index (κ2) is 10.5. The van der Waals surface area contributed by atoms with Gasteiger partial charge in [-0.3, -0.25) is 4.98 Å². The smallest absolute Gasteiger partial charge is 0.240 e. The van der Waals surface area contributed by atoms with E-state index in [1.54, 1.807) is 36.7 Å². The second-order valence-electron chi connectivity index (χ2n) is 5.69. The molecule has 27 heavy (non-hydrogen) atoms. The molecule has 2 aromatic heterocycles. The number of nitrogens with zero attached hydrogens (tertiary/aromatic N) is 4. The summed E-state index contributed by atoms with van der Waals surface area (Å²) in [7, 11) is -3.58. The Morgan fingerprint density at radius 1 is 1.19 bits per heavy atom. The van der Waals surface area contributed by atoms with E-state index in [1.165, 1.54) is 0 Å². The third-order valence-electron chi connectivity index (χ3n) is 3.64. The van der Waals surface area contributed by atoms with E-state index in [4.69, 9.17) is 0 Å². The molecule has 148 valence electrons. The van der Waals surface area contributed by atoms with Gasteiger partial charge in [0.05, 0.1) is 4.90 Å². The Hall–Kier alpha value is -1.85. The lowest BCUT2D eigenvalue weighted by atomic mass is 10.2. The molecule has 0 bridgehead atoms. The van der Waals surface area contributed by atoms with Gasteiger partial charge in [-0.2, -0.15) is 5.21 Å². The van der Waals surface area contributed by atoms with E-state index < -0.39 is 10.0 Å². The zero-order valence-electron chi connectivity index (χ0n) is 14.5. The highest BCUT2D eigenvalue weighted by Gasteiger charge is 2.17.